The zero-order valence-corrected chi connectivity index (χ0v) is 10.2. The standard InChI is InChI=1S/C12H25N3/c1-4-7-13-8-11-15-9-5-12(6-10-15)14(2)3/h4,12-13H,1,5-11H2,2-3H3. The molecule has 1 saturated heterocycles. The molecule has 0 aromatic heterocycles. The van der Waals surface area contributed by atoms with Gasteiger partial charge in [-0.2, -0.15) is 0 Å². The summed E-state index contributed by atoms with van der Waals surface area (Å²) in [5.41, 5.74) is 0. The van der Waals surface area contributed by atoms with Gasteiger partial charge in [-0.25, -0.2) is 0 Å². The molecule has 3 nitrogen and oxygen atoms in total. The van der Waals surface area contributed by atoms with Crippen molar-refractivity contribution in [3.8, 4) is 0 Å². The molecule has 0 radical (unpaired) electrons. The van der Waals surface area contributed by atoms with Crippen LogP contribution in [0.2, 0.25) is 0 Å². The van der Waals surface area contributed by atoms with Crippen molar-refractivity contribution in [3.63, 3.8) is 0 Å². The van der Waals surface area contributed by atoms with E-state index in [0.717, 1.165) is 19.1 Å². The molecule has 1 aliphatic heterocycles. The van der Waals surface area contributed by atoms with Crippen molar-refractivity contribution >= 4 is 0 Å². The van der Waals surface area contributed by atoms with Crippen molar-refractivity contribution in [2.24, 2.45) is 0 Å². The second-order valence-electron chi connectivity index (χ2n) is 4.53. The zero-order valence-electron chi connectivity index (χ0n) is 10.2. The molecule has 0 aromatic rings. The Morgan fingerprint density at radius 1 is 1.40 bits per heavy atom. The van der Waals surface area contributed by atoms with Gasteiger partial charge in [0.25, 0.3) is 0 Å². The molecule has 0 unspecified atom stereocenters. The summed E-state index contributed by atoms with van der Waals surface area (Å²) in [5, 5.41) is 3.35. The van der Waals surface area contributed by atoms with Crippen LogP contribution in [-0.4, -0.2) is 62.7 Å². The zero-order chi connectivity index (χ0) is 11.1. The summed E-state index contributed by atoms with van der Waals surface area (Å²) in [5.74, 6) is 0. The van der Waals surface area contributed by atoms with Crippen LogP contribution in [0.3, 0.4) is 0 Å². The van der Waals surface area contributed by atoms with E-state index in [0.29, 0.717) is 0 Å². The van der Waals surface area contributed by atoms with Crippen LogP contribution in [0.15, 0.2) is 12.7 Å². The van der Waals surface area contributed by atoms with Gasteiger partial charge in [0.15, 0.2) is 0 Å². The Morgan fingerprint density at radius 2 is 2.07 bits per heavy atom. The lowest BCUT2D eigenvalue weighted by Gasteiger charge is -2.35. The fraction of sp³-hybridized carbons (Fsp3) is 0.833. The van der Waals surface area contributed by atoms with E-state index in [2.05, 4.69) is 35.8 Å². The maximum Gasteiger partial charge on any atom is 0.0132 e. The molecule has 0 aromatic carbocycles. The summed E-state index contributed by atoms with van der Waals surface area (Å²) in [6, 6.07) is 0.794. The van der Waals surface area contributed by atoms with Gasteiger partial charge in [-0.15, -0.1) is 6.58 Å². The molecule has 0 saturated carbocycles. The minimum absolute atomic E-state index is 0.794. The third-order valence-corrected chi connectivity index (χ3v) is 3.18. The van der Waals surface area contributed by atoms with Crippen molar-refractivity contribution in [1.29, 1.82) is 0 Å². The number of rotatable bonds is 6. The summed E-state index contributed by atoms with van der Waals surface area (Å²) in [6.07, 6.45) is 4.54. The van der Waals surface area contributed by atoms with Crippen LogP contribution in [-0.2, 0) is 0 Å². The number of nitrogens with one attached hydrogen (secondary N) is 1. The first kappa shape index (κ1) is 12.7. The average Bonchev–Trinajstić information content (AvgIpc) is 2.25. The minimum atomic E-state index is 0.794. The maximum atomic E-state index is 3.69. The SMILES string of the molecule is C=CCNCCN1CCC(N(C)C)CC1. The summed E-state index contributed by atoms with van der Waals surface area (Å²) >= 11 is 0. The van der Waals surface area contributed by atoms with Gasteiger partial charge >= 0.3 is 0 Å². The van der Waals surface area contributed by atoms with Gasteiger partial charge in [0.1, 0.15) is 0 Å². The van der Waals surface area contributed by atoms with Crippen LogP contribution in [0, 0.1) is 0 Å². The van der Waals surface area contributed by atoms with E-state index in [-0.39, 0.29) is 0 Å². The Morgan fingerprint density at radius 3 is 2.60 bits per heavy atom. The second kappa shape index (κ2) is 6.99. The van der Waals surface area contributed by atoms with E-state index in [1.807, 2.05) is 6.08 Å². The van der Waals surface area contributed by atoms with Gasteiger partial charge in [-0.05, 0) is 40.0 Å². The number of nitrogens with zero attached hydrogens (tertiary/aromatic N) is 2. The van der Waals surface area contributed by atoms with E-state index in [4.69, 9.17) is 0 Å². The third kappa shape index (κ3) is 4.78. The van der Waals surface area contributed by atoms with Crippen LogP contribution in [0.4, 0.5) is 0 Å². The fourth-order valence-electron chi connectivity index (χ4n) is 2.10. The second-order valence-corrected chi connectivity index (χ2v) is 4.53. The normalized spacial score (nSPS) is 19.7. The smallest absolute Gasteiger partial charge is 0.0132 e. The van der Waals surface area contributed by atoms with Crippen molar-refractivity contribution in [2.45, 2.75) is 18.9 Å². The molecular formula is C12H25N3. The molecule has 0 bridgehead atoms. The van der Waals surface area contributed by atoms with E-state index in [9.17, 15) is 0 Å². The summed E-state index contributed by atoms with van der Waals surface area (Å²) in [6.45, 7) is 9.37. The highest BCUT2D eigenvalue weighted by molar-refractivity contribution is 4.77. The van der Waals surface area contributed by atoms with Crippen LogP contribution >= 0.6 is 0 Å². The van der Waals surface area contributed by atoms with Gasteiger partial charge in [0.05, 0.1) is 0 Å². The molecule has 1 rings (SSSR count). The number of piperidine rings is 1. The van der Waals surface area contributed by atoms with Gasteiger partial charge in [0.2, 0.25) is 0 Å². The average molecular weight is 211 g/mol. The van der Waals surface area contributed by atoms with Crippen LogP contribution in [0.5, 0.6) is 0 Å². The van der Waals surface area contributed by atoms with Crippen molar-refractivity contribution in [1.82, 2.24) is 15.1 Å². The highest BCUT2D eigenvalue weighted by Gasteiger charge is 2.19. The predicted molar refractivity (Wildman–Crippen MR) is 66.2 cm³/mol. The third-order valence-electron chi connectivity index (χ3n) is 3.18. The molecule has 3 heteroatoms. The van der Waals surface area contributed by atoms with Crippen molar-refractivity contribution < 1.29 is 0 Å². The lowest BCUT2D eigenvalue weighted by Crippen LogP contribution is -2.44. The first-order chi connectivity index (χ1) is 7.24. The van der Waals surface area contributed by atoms with E-state index >= 15 is 0 Å². The van der Waals surface area contributed by atoms with Crippen LogP contribution < -0.4 is 5.32 Å². The Hall–Kier alpha value is -0.380. The highest BCUT2D eigenvalue weighted by atomic mass is 15.2. The van der Waals surface area contributed by atoms with Crippen LogP contribution in [0.25, 0.3) is 0 Å². The fourth-order valence-corrected chi connectivity index (χ4v) is 2.10. The predicted octanol–water partition coefficient (Wildman–Crippen LogP) is 0.788. The number of hydrogen-bond acceptors (Lipinski definition) is 3. The topological polar surface area (TPSA) is 18.5 Å². The minimum Gasteiger partial charge on any atom is -0.312 e. The summed E-state index contributed by atoms with van der Waals surface area (Å²) in [4.78, 5) is 4.91. The first-order valence-corrected chi connectivity index (χ1v) is 5.94. The van der Waals surface area contributed by atoms with E-state index in [1.165, 1.54) is 32.5 Å². The first-order valence-electron chi connectivity index (χ1n) is 5.94. The molecule has 0 atom stereocenters. The molecule has 0 aliphatic carbocycles. The summed E-state index contributed by atoms with van der Waals surface area (Å²) in [7, 11) is 4.37. The van der Waals surface area contributed by atoms with E-state index < -0.39 is 0 Å². The molecule has 1 heterocycles. The molecule has 88 valence electrons. The molecule has 0 amide bonds. The Kier molecular flexibility index (Phi) is 5.91. The number of hydrogen-bond donors (Lipinski definition) is 1. The molecule has 1 fully saturated rings. The largest absolute Gasteiger partial charge is 0.312 e. The quantitative estimate of drug-likeness (QED) is 0.517. The van der Waals surface area contributed by atoms with E-state index in [1.54, 1.807) is 0 Å². The Balaban J connectivity index is 2.06. The maximum absolute atomic E-state index is 3.69. The summed E-state index contributed by atoms with van der Waals surface area (Å²) < 4.78 is 0. The van der Waals surface area contributed by atoms with Crippen LogP contribution in [0.1, 0.15) is 12.8 Å². The highest BCUT2D eigenvalue weighted by Crippen LogP contribution is 2.13. The molecule has 1 N–H and O–H groups in total. The Bertz CT molecular complexity index is 172. The monoisotopic (exact) mass is 211 g/mol. The number of likely N-dealkylation sites (tertiary alicyclic amines) is 1. The van der Waals surface area contributed by atoms with Crippen molar-refractivity contribution in [2.75, 3.05) is 46.8 Å². The van der Waals surface area contributed by atoms with Gasteiger partial charge in [-0.3, -0.25) is 0 Å². The Labute approximate surface area is 94.1 Å². The van der Waals surface area contributed by atoms with Gasteiger partial charge in [-0.1, -0.05) is 6.08 Å². The lowest BCUT2D eigenvalue weighted by atomic mass is 10.0. The van der Waals surface area contributed by atoms with Crippen molar-refractivity contribution in [3.05, 3.63) is 12.7 Å². The lowest BCUT2D eigenvalue weighted by molar-refractivity contribution is 0.146. The molecular weight excluding hydrogens is 186 g/mol. The molecule has 15 heavy (non-hydrogen) atoms. The van der Waals surface area contributed by atoms with Gasteiger partial charge in [0, 0.05) is 25.7 Å². The molecule has 1 aliphatic rings. The van der Waals surface area contributed by atoms with Gasteiger partial charge < -0.3 is 15.1 Å². The molecule has 0 spiro atoms.